The van der Waals surface area contributed by atoms with Gasteiger partial charge in [0, 0.05) is 11.5 Å². The number of ether oxygens (including phenoxy) is 1. The summed E-state index contributed by atoms with van der Waals surface area (Å²) in [5.74, 6) is 0.888. The third kappa shape index (κ3) is 1.71. The zero-order valence-corrected chi connectivity index (χ0v) is 11.6. The van der Waals surface area contributed by atoms with Crippen molar-refractivity contribution in [3.8, 4) is 5.75 Å². The molecule has 3 nitrogen and oxygen atoms in total. The van der Waals surface area contributed by atoms with Crippen LogP contribution in [0.2, 0.25) is 0 Å². The molecule has 2 aromatic rings. The van der Waals surface area contributed by atoms with Gasteiger partial charge in [0.2, 0.25) is 0 Å². The van der Waals surface area contributed by atoms with Gasteiger partial charge in [0.25, 0.3) is 0 Å². The first-order valence-electron chi connectivity index (χ1n) is 6.34. The van der Waals surface area contributed by atoms with Crippen LogP contribution in [0.4, 0.5) is 0 Å². The van der Waals surface area contributed by atoms with E-state index in [1.807, 2.05) is 12.1 Å². The number of methoxy groups -OCH3 is 1. The molecule has 1 aromatic carbocycles. The van der Waals surface area contributed by atoms with Crippen LogP contribution < -0.4 is 10.5 Å². The topological polar surface area (TPSA) is 48.1 Å². The van der Waals surface area contributed by atoms with Crippen LogP contribution in [0.25, 0.3) is 10.2 Å². The van der Waals surface area contributed by atoms with Gasteiger partial charge < -0.3 is 10.5 Å². The standard InChI is InChI=1S/C14H18N2OS/c1-14(7-3-4-12(14)15)13-16-10-6-5-9(17-2)8-11(10)18-13/h5-6,8,12H,3-4,7,15H2,1-2H3. The maximum absolute atomic E-state index is 6.27. The minimum Gasteiger partial charge on any atom is -0.497 e. The quantitative estimate of drug-likeness (QED) is 0.904. The molecular formula is C14H18N2OS. The van der Waals surface area contributed by atoms with Gasteiger partial charge >= 0.3 is 0 Å². The molecule has 0 saturated heterocycles. The number of rotatable bonds is 2. The van der Waals surface area contributed by atoms with Gasteiger partial charge in [-0.05, 0) is 31.0 Å². The largest absolute Gasteiger partial charge is 0.497 e. The summed E-state index contributed by atoms with van der Waals surface area (Å²) in [6.45, 7) is 2.25. The lowest BCUT2D eigenvalue weighted by Crippen LogP contribution is -2.38. The fourth-order valence-electron chi connectivity index (χ4n) is 2.73. The minimum atomic E-state index is 0.0525. The highest BCUT2D eigenvalue weighted by Crippen LogP contribution is 2.43. The normalized spacial score (nSPS) is 27.8. The molecule has 0 aliphatic heterocycles. The molecule has 0 spiro atoms. The fourth-order valence-corrected chi connectivity index (χ4v) is 3.97. The van der Waals surface area contributed by atoms with Crippen LogP contribution in [-0.4, -0.2) is 18.1 Å². The minimum absolute atomic E-state index is 0.0525. The van der Waals surface area contributed by atoms with Gasteiger partial charge in [0.05, 0.1) is 17.3 Å². The van der Waals surface area contributed by atoms with E-state index in [4.69, 9.17) is 15.5 Å². The maximum atomic E-state index is 6.27. The summed E-state index contributed by atoms with van der Waals surface area (Å²) in [6.07, 6.45) is 3.46. The predicted molar refractivity (Wildman–Crippen MR) is 75.4 cm³/mol. The molecule has 0 radical (unpaired) electrons. The smallest absolute Gasteiger partial charge is 0.120 e. The molecular weight excluding hydrogens is 244 g/mol. The Morgan fingerprint density at radius 3 is 3.00 bits per heavy atom. The summed E-state index contributed by atoms with van der Waals surface area (Å²) in [7, 11) is 1.69. The summed E-state index contributed by atoms with van der Waals surface area (Å²) < 4.78 is 6.44. The summed E-state index contributed by atoms with van der Waals surface area (Å²) in [5.41, 5.74) is 7.37. The molecule has 1 aromatic heterocycles. The van der Waals surface area contributed by atoms with Crippen molar-refractivity contribution in [1.29, 1.82) is 0 Å². The van der Waals surface area contributed by atoms with Crippen LogP contribution >= 0.6 is 11.3 Å². The van der Waals surface area contributed by atoms with Gasteiger partial charge in [-0.2, -0.15) is 0 Å². The van der Waals surface area contributed by atoms with E-state index < -0.39 is 0 Å². The second-order valence-corrected chi connectivity index (χ2v) is 6.30. The number of thiazole rings is 1. The Morgan fingerprint density at radius 2 is 2.33 bits per heavy atom. The van der Waals surface area contributed by atoms with Crippen molar-refractivity contribution in [2.45, 2.75) is 37.6 Å². The van der Waals surface area contributed by atoms with Crippen LogP contribution in [0.3, 0.4) is 0 Å². The van der Waals surface area contributed by atoms with Crippen LogP contribution in [0.5, 0.6) is 5.75 Å². The Morgan fingerprint density at radius 1 is 1.50 bits per heavy atom. The molecule has 1 heterocycles. The zero-order valence-electron chi connectivity index (χ0n) is 10.8. The van der Waals surface area contributed by atoms with Crippen LogP contribution in [-0.2, 0) is 5.41 Å². The number of hydrogen-bond donors (Lipinski definition) is 1. The first-order valence-corrected chi connectivity index (χ1v) is 7.16. The summed E-state index contributed by atoms with van der Waals surface area (Å²) in [6, 6.07) is 6.28. The lowest BCUT2D eigenvalue weighted by molar-refractivity contribution is 0.415. The molecule has 2 unspecified atom stereocenters. The van der Waals surface area contributed by atoms with Crippen molar-refractivity contribution in [2.75, 3.05) is 7.11 Å². The second-order valence-electron chi connectivity index (χ2n) is 5.27. The van der Waals surface area contributed by atoms with E-state index >= 15 is 0 Å². The summed E-state index contributed by atoms with van der Waals surface area (Å²) in [4.78, 5) is 4.78. The Bertz CT molecular complexity index is 580. The number of benzene rings is 1. The number of nitrogens with zero attached hydrogens (tertiary/aromatic N) is 1. The average Bonchev–Trinajstić information content (AvgIpc) is 2.94. The number of fused-ring (bicyclic) bond motifs is 1. The first-order chi connectivity index (χ1) is 8.63. The Labute approximate surface area is 111 Å². The third-order valence-electron chi connectivity index (χ3n) is 4.11. The number of hydrogen-bond acceptors (Lipinski definition) is 4. The molecule has 2 atom stereocenters. The predicted octanol–water partition coefficient (Wildman–Crippen LogP) is 3.07. The Kier molecular flexibility index (Phi) is 2.79. The number of nitrogens with two attached hydrogens (primary N) is 1. The monoisotopic (exact) mass is 262 g/mol. The van der Waals surface area contributed by atoms with Crippen molar-refractivity contribution in [3.63, 3.8) is 0 Å². The average molecular weight is 262 g/mol. The van der Waals surface area contributed by atoms with E-state index in [-0.39, 0.29) is 11.5 Å². The van der Waals surface area contributed by atoms with Crippen LogP contribution in [0.15, 0.2) is 18.2 Å². The molecule has 2 N–H and O–H groups in total. The fraction of sp³-hybridized carbons (Fsp3) is 0.500. The Balaban J connectivity index is 2.08. The van der Waals surface area contributed by atoms with Crippen molar-refractivity contribution in [1.82, 2.24) is 4.98 Å². The van der Waals surface area contributed by atoms with Gasteiger partial charge in [0.15, 0.2) is 0 Å². The molecule has 1 aliphatic carbocycles. The highest BCUT2D eigenvalue weighted by molar-refractivity contribution is 7.18. The molecule has 1 fully saturated rings. The van der Waals surface area contributed by atoms with E-state index in [2.05, 4.69) is 13.0 Å². The molecule has 3 rings (SSSR count). The highest BCUT2D eigenvalue weighted by Gasteiger charge is 2.40. The number of aromatic nitrogens is 1. The molecule has 0 amide bonds. The molecule has 1 saturated carbocycles. The first kappa shape index (κ1) is 11.9. The summed E-state index contributed by atoms with van der Waals surface area (Å²) in [5, 5.41) is 1.18. The Hall–Kier alpha value is -1.13. The SMILES string of the molecule is COc1ccc2nc(C3(C)CCCC3N)sc2c1. The lowest BCUT2D eigenvalue weighted by atomic mass is 9.86. The van der Waals surface area contributed by atoms with E-state index in [0.29, 0.717) is 0 Å². The second kappa shape index (κ2) is 4.21. The van der Waals surface area contributed by atoms with Crippen LogP contribution in [0, 0.1) is 0 Å². The van der Waals surface area contributed by atoms with Crippen molar-refractivity contribution < 1.29 is 4.74 Å². The molecule has 1 aliphatic rings. The molecule has 96 valence electrons. The van der Waals surface area contributed by atoms with Gasteiger partial charge in [-0.3, -0.25) is 0 Å². The zero-order chi connectivity index (χ0) is 12.8. The van der Waals surface area contributed by atoms with Gasteiger partial charge in [-0.15, -0.1) is 11.3 Å². The van der Waals surface area contributed by atoms with E-state index in [1.54, 1.807) is 18.4 Å². The third-order valence-corrected chi connectivity index (χ3v) is 5.41. The van der Waals surface area contributed by atoms with Gasteiger partial charge in [-0.1, -0.05) is 13.3 Å². The van der Waals surface area contributed by atoms with Crippen LogP contribution in [0.1, 0.15) is 31.2 Å². The summed E-state index contributed by atoms with van der Waals surface area (Å²) >= 11 is 1.76. The van der Waals surface area contributed by atoms with Crippen molar-refractivity contribution in [3.05, 3.63) is 23.2 Å². The van der Waals surface area contributed by atoms with Gasteiger partial charge in [-0.25, -0.2) is 4.98 Å². The van der Waals surface area contributed by atoms with Gasteiger partial charge in [0.1, 0.15) is 10.8 Å². The maximum Gasteiger partial charge on any atom is 0.120 e. The van der Waals surface area contributed by atoms with E-state index in [9.17, 15) is 0 Å². The molecule has 0 bridgehead atoms. The van der Waals surface area contributed by atoms with E-state index in [1.165, 1.54) is 16.1 Å². The van der Waals surface area contributed by atoms with Crippen molar-refractivity contribution in [2.24, 2.45) is 5.73 Å². The van der Waals surface area contributed by atoms with Crippen molar-refractivity contribution >= 4 is 21.6 Å². The molecule has 18 heavy (non-hydrogen) atoms. The lowest BCUT2D eigenvalue weighted by Gasteiger charge is -2.26. The molecule has 4 heteroatoms. The van der Waals surface area contributed by atoms with E-state index in [0.717, 1.165) is 24.1 Å². The highest BCUT2D eigenvalue weighted by atomic mass is 32.1.